The molecule has 0 unspecified atom stereocenters. The number of nitrogens with zero attached hydrogens (tertiary/aromatic N) is 4. The minimum absolute atomic E-state index is 0.193. The van der Waals surface area contributed by atoms with Crippen molar-refractivity contribution in [1.29, 1.82) is 0 Å². The molecule has 3 aromatic carbocycles. The van der Waals surface area contributed by atoms with Gasteiger partial charge in [0.1, 0.15) is 0 Å². The van der Waals surface area contributed by atoms with Crippen LogP contribution in [0.15, 0.2) is 99.7 Å². The summed E-state index contributed by atoms with van der Waals surface area (Å²) < 4.78 is 7.79. The number of benzene rings is 3. The fraction of sp³-hybridized carbons (Fsp3) is 0.0769. The van der Waals surface area contributed by atoms with Gasteiger partial charge in [-0.25, -0.2) is 4.98 Å². The molecule has 0 aliphatic carbocycles. The van der Waals surface area contributed by atoms with Gasteiger partial charge in [0.2, 0.25) is 11.8 Å². The van der Waals surface area contributed by atoms with Crippen molar-refractivity contribution in [3.05, 3.63) is 96.3 Å². The number of aryl methyl sites for hydroxylation is 2. The van der Waals surface area contributed by atoms with Gasteiger partial charge in [-0.15, -0.1) is 10.2 Å². The predicted molar refractivity (Wildman–Crippen MR) is 132 cm³/mol. The van der Waals surface area contributed by atoms with Crippen LogP contribution in [0.5, 0.6) is 0 Å². The normalized spacial score (nSPS) is 10.9. The average molecular weight is 468 g/mol. The summed E-state index contributed by atoms with van der Waals surface area (Å²) in [6, 6.07) is 22.7. The fourth-order valence-electron chi connectivity index (χ4n) is 3.36. The second-order valence-electron chi connectivity index (χ2n) is 7.76. The first-order valence-electron chi connectivity index (χ1n) is 10.6. The SMILES string of the molecule is Cc1cccc(-c2nnc(-c3ccc(C(=O)Nc4ccc(Sc5nccn5C)cc4)cc3)o2)c1. The summed E-state index contributed by atoms with van der Waals surface area (Å²) in [5, 5.41) is 12.1. The lowest BCUT2D eigenvalue weighted by Gasteiger charge is -2.07. The van der Waals surface area contributed by atoms with Crippen LogP contribution < -0.4 is 5.32 Å². The number of rotatable bonds is 6. The summed E-state index contributed by atoms with van der Waals surface area (Å²) in [5.74, 6) is 0.677. The fourth-order valence-corrected chi connectivity index (χ4v) is 4.17. The monoisotopic (exact) mass is 467 g/mol. The summed E-state index contributed by atoms with van der Waals surface area (Å²) >= 11 is 1.56. The second-order valence-corrected chi connectivity index (χ2v) is 8.80. The maximum Gasteiger partial charge on any atom is 0.255 e. The van der Waals surface area contributed by atoms with E-state index in [2.05, 4.69) is 20.5 Å². The van der Waals surface area contributed by atoms with Crippen LogP contribution in [0.4, 0.5) is 5.69 Å². The van der Waals surface area contributed by atoms with Gasteiger partial charge < -0.3 is 14.3 Å². The van der Waals surface area contributed by atoms with E-state index < -0.39 is 0 Å². The molecule has 8 heteroatoms. The summed E-state index contributed by atoms with van der Waals surface area (Å²) in [6.45, 7) is 2.01. The molecule has 5 aromatic rings. The Morgan fingerprint density at radius 3 is 2.35 bits per heavy atom. The van der Waals surface area contributed by atoms with Gasteiger partial charge in [-0.1, -0.05) is 29.5 Å². The molecular weight excluding hydrogens is 446 g/mol. The van der Waals surface area contributed by atoms with Crippen LogP contribution >= 0.6 is 11.8 Å². The van der Waals surface area contributed by atoms with Gasteiger partial charge in [0.05, 0.1) is 0 Å². The number of amides is 1. The van der Waals surface area contributed by atoms with Gasteiger partial charge in [0, 0.05) is 46.7 Å². The third-order valence-corrected chi connectivity index (χ3v) is 6.27. The van der Waals surface area contributed by atoms with E-state index in [1.165, 1.54) is 0 Å². The van der Waals surface area contributed by atoms with E-state index >= 15 is 0 Å². The Morgan fingerprint density at radius 1 is 0.941 bits per heavy atom. The van der Waals surface area contributed by atoms with E-state index in [1.807, 2.05) is 73.3 Å². The topological polar surface area (TPSA) is 85.8 Å². The van der Waals surface area contributed by atoms with E-state index in [4.69, 9.17) is 4.42 Å². The second kappa shape index (κ2) is 9.36. The molecule has 2 heterocycles. The van der Waals surface area contributed by atoms with E-state index in [0.717, 1.165) is 32.4 Å². The maximum atomic E-state index is 12.7. The number of hydrogen-bond acceptors (Lipinski definition) is 6. The molecule has 1 amide bonds. The molecule has 7 nitrogen and oxygen atoms in total. The van der Waals surface area contributed by atoms with E-state index in [1.54, 1.807) is 42.2 Å². The minimum atomic E-state index is -0.193. The van der Waals surface area contributed by atoms with Crippen LogP contribution in [-0.4, -0.2) is 25.7 Å². The first kappa shape index (κ1) is 21.7. The lowest BCUT2D eigenvalue weighted by atomic mass is 10.1. The zero-order valence-electron chi connectivity index (χ0n) is 18.6. The Morgan fingerprint density at radius 2 is 1.68 bits per heavy atom. The standard InChI is InChI=1S/C26H21N5O2S/c1-17-4-3-5-20(16-17)25-30-29-24(33-25)19-8-6-18(7-9-19)23(32)28-21-10-12-22(13-11-21)34-26-27-14-15-31(26)2/h3-16H,1-2H3,(H,28,32). The van der Waals surface area contributed by atoms with Crippen LogP contribution in [0.2, 0.25) is 0 Å². The minimum Gasteiger partial charge on any atom is -0.416 e. The molecule has 0 saturated heterocycles. The van der Waals surface area contributed by atoms with Crippen molar-refractivity contribution >= 4 is 23.4 Å². The highest BCUT2D eigenvalue weighted by Crippen LogP contribution is 2.27. The van der Waals surface area contributed by atoms with Gasteiger partial charge in [-0.3, -0.25) is 4.79 Å². The molecular formula is C26H21N5O2S. The summed E-state index contributed by atoms with van der Waals surface area (Å²) in [6.07, 6.45) is 3.67. The first-order chi connectivity index (χ1) is 16.5. The van der Waals surface area contributed by atoms with Crippen molar-refractivity contribution in [2.75, 3.05) is 5.32 Å². The van der Waals surface area contributed by atoms with Crippen molar-refractivity contribution in [3.63, 3.8) is 0 Å². The number of imidazole rings is 1. The van der Waals surface area contributed by atoms with Gasteiger partial charge in [-0.05, 0) is 67.6 Å². The van der Waals surface area contributed by atoms with Gasteiger partial charge in [0.25, 0.3) is 5.91 Å². The van der Waals surface area contributed by atoms with Crippen molar-refractivity contribution in [3.8, 4) is 22.9 Å². The lowest BCUT2D eigenvalue weighted by molar-refractivity contribution is 0.102. The van der Waals surface area contributed by atoms with E-state index in [-0.39, 0.29) is 5.91 Å². The highest BCUT2D eigenvalue weighted by molar-refractivity contribution is 7.99. The summed E-state index contributed by atoms with van der Waals surface area (Å²) in [7, 11) is 1.96. The molecule has 0 saturated carbocycles. The Hall–Kier alpha value is -4.17. The van der Waals surface area contributed by atoms with E-state index in [9.17, 15) is 4.79 Å². The third-order valence-electron chi connectivity index (χ3n) is 5.18. The highest BCUT2D eigenvalue weighted by atomic mass is 32.2. The summed E-state index contributed by atoms with van der Waals surface area (Å²) in [5.41, 5.74) is 4.00. The van der Waals surface area contributed by atoms with Gasteiger partial charge in [0.15, 0.2) is 5.16 Å². The molecule has 0 aliphatic heterocycles. The van der Waals surface area contributed by atoms with Crippen molar-refractivity contribution in [1.82, 2.24) is 19.7 Å². The molecule has 1 N–H and O–H groups in total. The van der Waals surface area contributed by atoms with Crippen molar-refractivity contribution < 1.29 is 9.21 Å². The Labute approximate surface area is 200 Å². The van der Waals surface area contributed by atoms with Crippen LogP contribution in [0, 0.1) is 6.92 Å². The Kier molecular flexibility index (Phi) is 5.97. The molecule has 0 bridgehead atoms. The molecule has 2 aromatic heterocycles. The van der Waals surface area contributed by atoms with Crippen LogP contribution in [0.1, 0.15) is 15.9 Å². The number of aromatic nitrogens is 4. The van der Waals surface area contributed by atoms with Crippen molar-refractivity contribution in [2.24, 2.45) is 7.05 Å². The van der Waals surface area contributed by atoms with Crippen LogP contribution in [0.25, 0.3) is 22.9 Å². The molecule has 0 radical (unpaired) electrons. The molecule has 0 fully saturated rings. The van der Waals surface area contributed by atoms with E-state index in [0.29, 0.717) is 17.3 Å². The quantitative estimate of drug-likeness (QED) is 0.337. The number of anilines is 1. The predicted octanol–water partition coefficient (Wildman–Crippen LogP) is 5.85. The average Bonchev–Trinajstić information content (AvgIpc) is 3.50. The van der Waals surface area contributed by atoms with Gasteiger partial charge in [-0.2, -0.15) is 0 Å². The molecule has 0 atom stereocenters. The maximum absolute atomic E-state index is 12.7. The largest absolute Gasteiger partial charge is 0.416 e. The Balaban J connectivity index is 1.24. The number of carbonyl (C=O) groups excluding carboxylic acids is 1. The molecule has 168 valence electrons. The number of nitrogens with one attached hydrogen (secondary N) is 1. The molecule has 0 aliphatic rings. The lowest BCUT2D eigenvalue weighted by Crippen LogP contribution is -2.11. The van der Waals surface area contributed by atoms with Crippen molar-refractivity contribution in [2.45, 2.75) is 17.0 Å². The molecule has 5 rings (SSSR count). The summed E-state index contributed by atoms with van der Waals surface area (Å²) in [4.78, 5) is 18.0. The van der Waals surface area contributed by atoms with Crippen LogP contribution in [-0.2, 0) is 7.05 Å². The molecule has 0 spiro atoms. The number of hydrogen-bond donors (Lipinski definition) is 1. The van der Waals surface area contributed by atoms with Crippen LogP contribution in [0.3, 0.4) is 0 Å². The number of carbonyl (C=O) groups is 1. The Bertz CT molecular complexity index is 1440. The van der Waals surface area contributed by atoms with Gasteiger partial charge >= 0.3 is 0 Å². The molecule has 34 heavy (non-hydrogen) atoms. The highest BCUT2D eigenvalue weighted by Gasteiger charge is 2.12. The zero-order valence-corrected chi connectivity index (χ0v) is 19.4. The first-order valence-corrected chi connectivity index (χ1v) is 11.4. The smallest absolute Gasteiger partial charge is 0.255 e. The third kappa shape index (κ3) is 4.77. The zero-order chi connectivity index (χ0) is 23.5.